The first kappa shape index (κ1) is 18.1. The van der Waals surface area contributed by atoms with Gasteiger partial charge in [0.15, 0.2) is 0 Å². The number of benzene rings is 2. The zero-order valence-electron chi connectivity index (χ0n) is 14.6. The molecule has 0 saturated heterocycles. The fourth-order valence-electron chi connectivity index (χ4n) is 2.38. The maximum absolute atomic E-state index is 12.2. The molecule has 0 spiro atoms. The van der Waals surface area contributed by atoms with E-state index in [0.29, 0.717) is 17.9 Å². The van der Waals surface area contributed by atoms with Crippen LogP contribution in [-0.2, 0) is 11.2 Å². The summed E-state index contributed by atoms with van der Waals surface area (Å²) in [5.41, 5.74) is 5.98. The lowest BCUT2D eigenvalue weighted by atomic mass is 10.1. The van der Waals surface area contributed by atoms with E-state index in [0.717, 1.165) is 5.56 Å². The topological polar surface area (TPSA) is 80.3 Å². The quantitative estimate of drug-likeness (QED) is 0.661. The van der Waals surface area contributed by atoms with Crippen LogP contribution >= 0.6 is 0 Å². The minimum Gasteiger partial charge on any atom is -0.457 e. The van der Waals surface area contributed by atoms with Crippen molar-refractivity contribution < 1.29 is 14.3 Å². The highest BCUT2D eigenvalue weighted by atomic mass is 16.5. The van der Waals surface area contributed by atoms with Crippen LogP contribution in [0.5, 0.6) is 11.5 Å². The first-order valence-electron chi connectivity index (χ1n) is 8.53. The van der Waals surface area contributed by atoms with E-state index in [4.69, 9.17) is 4.74 Å². The molecule has 2 aromatic carbocycles. The standard InChI is InChI=1S/C21H19N3O3/c25-20(12-11-16-7-3-1-4-8-16)23-24-21(26)19-15-18(13-14-22-19)27-17-9-5-2-6-10-17/h1-10,13-15H,11-12H2,(H,23,25)(H,24,26). The lowest BCUT2D eigenvalue weighted by Crippen LogP contribution is -2.42. The molecule has 3 aromatic rings. The van der Waals surface area contributed by atoms with Gasteiger partial charge in [0, 0.05) is 18.7 Å². The summed E-state index contributed by atoms with van der Waals surface area (Å²) in [4.78, 5) is 28.1. The molecule has 2 N–H and O–H groups in total. The van der Waals surface area contributed by atoms with E-state index in [2.05, 4.69) is 15.8 Å². The number of nitrogens with zero attached hydrogens (tertiary/aromatic N) is 1. The lowest BCUT2D eigenvalue weighted by Gasteiger charge is -2.09. The molecule has 27 heavy (non-hydrogen) atoms. The van der Waals surface area contributed by atoms with Crippen molar-refractivity contribution in [2.45, 2.75) is 12.8 Å². The molecule has 0 radical (unpaired) electrons. The Balaban J connectivity index is 1.50. The van der Waals surface area contributed by atoms with Crippen molar-refractivity contribution in [3.05, 3.63) is 90.3 Å². The highest BCUT2D eigenvalue weighted by Crippen LogP contribution is 2.20. The molecule has 0 fully saturated rings. The molecule has 0 unspecified atom stereocenters. The van der Waals surface area contributed by atoms with Gasteiger partial charge in [-0.25, -0.2) is 0 Å². The predicted molar refractivity (Wildman–Crippen MR) is 101 cm³/mol. The number of aromatic nitrogens is 1. The SMILES string of the molecule is O=C(CCc1ccccc1)NNC(=O)c1cc(Oc2ccccc2)ccn1. The number of amides is 2. The Hall–Kier alpha value is -3.67. The van der Waals surface area contributed by atoms with Gasteiger partial charge >= 0.3 is 0 Å². The number of pyridine rings is 1. The van der Waals surface area contributed by atoms with Crippen LogP contribution < -0.4 is 15.6 Å². The molecule has 2 amide bonds. The summed E-state index contributed by atoms with van der Waals surface area (Å²) >= 11 is 0. The van der Waals surface area contributed by atoms with Crippen molar-refractivity contribution in [1.29, 1.82) is 0 Å². The van der Waals surface area contributed by atoms with Gasteiger partial charge in [0.05, 0.1) is 0 Å². The minimum atomic E-state index is -0.512. The van der Waals surface area contributed by atoms with Crippen molar-refractivity contribution in [3.63, 3.8) is 0 Å². The number of hydrazine groups is 1. The van der Waals surface area contributed by atoms with Gasteiger partial charge in [-0.1, -0.05) is 48.5 Å². The number of hydrogen-bond acceptors (Lipinski definition) is 4. The normalized spacial score (nSPS) is 10.1. The van der Waals surface area contributed by atoms with Crippen molar-refractivity contribution in [2.75, 3.05) is 0 Å². The predicted octanol–water partition coefficient (Wildman–Crippen LogP) is 3.27. The maximum Gasteiger partial charge on any atom is 0.288 e. The Bertz CT molecular complexity index is 899. The summed E-state index contributed by atoms with van der Waals surface area (Å²) in [6, 6.07) is 22.1. The summed E-state index contributed by atoms with van der Waals surface area (Å²) < 4.78 is 5.67. The maximum atomic E-state index is 12.2. The fraction of sp³-hybridized carbons (Fsp3) is 0.0952. The molecule has 0 saturated carbocycles. The Morgan fingerprint density at radius 2 is 1.56 bits per heavy atom. The average Bonchev–Trinajstić information content (AvgIpc) is 2.72. The van der Waals surface area contributed by atoms with Crippen LogP contribution in [0.2, 0.25) is 0 Å². The fourth-order valence-corrected chi connectivity index (χ4v) is 2.38. The molecule has 1 heterocycles. The van der Waals surface area contributed by atoms with Gasteiger partial charge in [-0.2, -0.15) is 0 Å². The summed E-state index contributed by atoms with van der Waals surface area (Å²) in [6.07, 6.45) is 2.35. The van der Waals surface area contributed by atoms with Gasteiger partial charge < -0.3 is 4.74 Å². The van der Waals surface area contributed by atoms with Crippen molar-refractivity contribution in [2.24, 2.45) is 0 Å². The first-order chi connectivity index (χ1) is 13.2. The molecule has 3 rings (SSSR count). The van der Waals surface area contributed by atoms with Crippen molar-refractivity contribution in [3.8, 4) is 11.5 Å². The van der Waals surface area contributed by atoms with E-state index < -0.39 is 5.91 Å². The summed E-state index contributed by atoms with van der Waals surface area (Å²) in [5.74, 6) is 0.353. The highest BCUT2D eigenvalue weighted by molar-refractivity contribution is 5.93. The monoisotopic (exact) mass is 361 g/mol. The van der Waals surface area contributed by atoms with Gasteiger partial charge in [-0.05, 0) is 30.2 Å². The molecule has 0 aliphatic heterocycles. The van der Waals surface area contributed by atoms with Crippen molar-refractivity contribution >= 4 is 11.8 Å². The van der Waals surface area contributed by atoms with E-state index >= 15 is 0 Å². The minimum absolute atomic E-state index is 0.145. The van der Waals surface area contributed by atoms with Crippen LogP contribution in [0.1, 0.15) is 22.5 Å². The Morgan fingerprint density at radius 1 is 0.852 bits per heavy atom. The van der Waals surface area contributed by atoms with Gasteiger partial charge in [0.2, 0.25) is 5.91 Å². The van der Waals surface area contributed by atoms with Gasteiger partial charge in [0.1, 0.15) is 17.2 Å². The molecular weight excluding hydrogens is 342 g/mol. The molecule has 0 aliphatic carbocycles. The molecular formula is C21H19N3O3. The second kappa shape index (κ2) is 9.15. The van der Waals surface area contributed by atoms with Gasteiger partial charge in [0.25, 0.3) is 5.91 Å². The van der Waals surface area contributed by atoms with E-state index in [1.54, 1.807) is 6.07 Å². The van der Waals surface area contributed by atoms with Crippen LogP contribution in [0.25, 0.3) is 0 Å². The van der Waals surface area contributed by atoms with E-state index in [1.807, 2.05) is 60.7 Å². The number of rotatable bonds is 6. The third kappa shape index (κ3) is 5.67. The van der Waals surface area contributed by atoms with E-state index in [9.17, 15) is 9.59 Å². The second-order valence-electron chi connectivity index (χ2n) is 5.78. The summed E-state index contributed by atoms with van der Waals surface area (Å²) in [7, 11) is 0. The van der Waals surface area contributed by atoms with Crippen LogP contribution in [-0.4, -0.2) is 16.8 Å². The molecule has 1 aromatic heterocycles. The second-order valence-corrected chi connectivity index (χ2v) is 5.78. The molecule has 6 nitrogen and oxygen atoms in total. The van der Waals surface area contributed by atoms with Gasteiger partial charge in [-0.15, -0.1) is 0 Å². The zero-order chi connectivity index (χ0) is 18.9. The van der Waals surface area contributed by atoms with Crippen LogP contribution in [0.3, 0.4) is 0 Å². The smallest absolute Gasteiger partial charge is 0.288 e. The van der Waals surface area contributed by atoms with Crippen LogP contribution in [0.4, 0.5) is 0 Å². The molecule has 0 bridgehead atoms. The van der Waals surface area contributed by atoms with Crippen LogP contribution in [0.15, 0.2) is 79.0 Å². The molecule has 0 atom stereocenters. The number of carbonyl (C=O) groups is 2. The largest absolute Gasteiger partial charge is 0.457 e. The number of nitrogens with one attached hydrogen (secondary N) is 2. The van der Waals surface area contributed by atoms with Crippen molar-refractivity contribution in [1.82, 2.24) is 15.8 Å². The zero-order valence-corrected chi connectivity index (χ0v) is 14.6. The number of aryl methyl sites for hydroxylation is 1. The van der Waals surface area contributed by atoms with Gasteiger partial charge in [-0.3, -0.25) is 25.4 Å². The summed E-state index contributed by atoms with van der Waals surface area (Å²) in [5, 5.41) is 0. The first-order valence-corrected chi connectivity index (χ1v) is 8.53. The summed E-state index contributed by atoms with van der Waals surface area (Å²) in [6.45, 7) is 0. The molecule has 6 heteroatoms. The van der Waals surface area contributed by atoms with E-state index in [1.165, 1.54) is 12.3 Å². The molecule has 0 aliphatic rings. The third-order valence-electron chi connectivity index (χ3n) is 3.74. The van der Waals surface area contributed by atoms with Crippen LogP contribution in [0, 0.1) is 0 Å². The lowest BCUT2D eigenvalue weighted by molar-refractivity contribution is -0.121. The number of ether oxygens (including phenoxy) is 1. The molecule has 136 valence electrons. The highest BCUT2D eigenvalue weighted by Gasteiger charge is 2.10. The van der Waals surface area contributed by atoms with E-state index in [-0.39, 0.29) is 18.0 Å². The Kier molecular flexibility index (Phi) is 6.14. The number of hydrogen-bond donors (Lipinski definition) is 2. The number of para-hydroxylation sites is 1. The number of carbonyl (C=O) groups excluding carboxylic acids is 2. The Labute approximate surface area is 157 Å². The average molecular weight is 361 g/mol. The third-order valence-corrected chi connectivity index (χ3v) is 3.74. The Morgan fingerprint density at radius 3 is 2.30 bits per heavy atom.